The Morgan fingerprint density at radius 3 is 2.91 bits per heavy atom. The number of nitrogens with two attached hydrogens (primary N) is 1. The molecule has 0 amide bonds. The lowest BCUT2D eigenvalue weighted by atomic mass is 10.0. The van der Waals surface area contributed by atoms with Gasteiger partial charge in [0.05, 0.1) is 16.9 Å². The molecule has 3 aromatic rings. The Labute approximate surface area is 128 Å². The zero-order valence-corrected chi connectivity index (χ0v) is 12.4. The summed E-state index contributed by atoms with van der Waals surface area (Å²) >= 11 is 0. The Balaban J connectivity index is 2.08. The van der Waals surface area contributed by atoms with Gasteiger partial charge in [0.15, 0.2) is 0 Å². The van der Waals surface area contributed by atoms with Crippen LogP contribution in [-0.4, -0.2) is 33.4 Å². The number of aliphatic hydroxyl groups is 1. The second-order valence-electron chi connectivity index (χ2n) is 5.20. The van der Waals surface area contributed by atoms with Crippen molar-refractivity contribution in [3.8, 4) is 11.3 Å². The van der Waals surface area contributed by atoms with E-state index in [2.05, 4.69) is 20.5 Å². The van der Waals surface area contributed by atoms with E-state index in [0.29, 0.717) is 18.8 Å². The Morgan fingerprint density at radius 2 is 2.18 bits per heavy atom. The molecule has 0 bridgehead atoms. The second-order valence-corrected chi connectivity index (χ2v) is 5.20. The van der Waals surface area contributed by atoms with E-state index in [1.165, 1.54) is 0 Å². The SMILES string of the molecule is Cc1c(N)nc2cc(-c3ccn[nH]3)ccc2c1NCCCO. The number of rotatable bonds is 5. The molecule has 1 aromatic carbocycles. The first kappa shape index (κ1) is 14.3. The summed E-state index contributed by atoms with van der Waals surface area (Å²) in [5, 5.41) is 20.2. The second kappa shape index (κ2) is 6.03. The molecule has 0 atom stereocenters. The van der Waals surface area contributed by atoms with E-state index in [1.807, 2.05) is 31.2 Å². The van der Waals surface area contributed by atoms with Gasteiger partial charge in [0.25, 0.3) is 0 Å². The minimum atomic E-state index is 0.161. The highest BCUT2D eigenvalue weighted by Gasteiger charge is 2.11. The first-order valence-corrected chi connectivity index (χ1v) is 7.25. The first-order chi connectivity index (χ1) is 10.7. The molecular weight excluding hydrogens is 278 g/mol. The number of pyridine rings is 1. The van der Waals surface area contributed by atoms with E-state index in [9.17, 15) is 0 Å². The van der Waals surface area contributed by atoms with Crippen LogP contribution in [0, 0.1) is 6.92 Å². The van der Waals surface area contributed by atoms with Crippen LogP contribution in [0.2, 0.25) is 0 Å². The Bertz CT molecular complexity index is 783. The number of nitrogens with zero attached hydrogens (tertiary/aromatic N) is 2. The summed E-state index contributed by atoms with van der Waals surface area (Å²) in [5.74, 6) is 0.515. The topological polar surface area (TPSA) is 99.9 Å². The van der Waals surface area contributed by atoms with E-state index in [0.717, 1.165) is 33.4 Å². The van der Waals surface area contributed by atoms with Crippen LogP contribution in [-0.2, 0) is 0 Å². The van der Waals surface area contributed by atoms with Gasteiger partial charge in [0.1, 0.15) is 5.82 Å². The molecule has 114 valence electrons. The van der Waals surface area contributed by atoms with Crippen molar-refractivity contribution in [1.29, 1.82) is 0 Å². The normalized spacial score (nSPS) is 11.0. The third-order valence-corrected chi connectivity index (χ3v) is 3.72. The van der Waals surface area contributed by atoms with E-state index in [4.69, 9.17) is 10.8 Å². The molecule has 22 heavy (non-hydrogen) atoms. The van der Waals surface area contributed by atoms with Crippen molar-refractivity contribution in [1.82, 2.24) is 15.2 Å². The zero-order chi connectivity index (χ0) is 15.5. The number of nitrogens with one attached hydrogen (secondary N) is 2. The highest BCUT2D eigenvalue weighted by molar-refractivity contribution is 5.97. The molecule has 0 radical (unpaired) electrons. The number of aliphatic hydroxyl groups excluding tert-OH is 1. The molecule has 3 rings (SSSR count). The molecule has 0 fully saturated rings. The summed E-state index contributed by atoms with van der Waals surface area (Å²) in [7, 11) is 0. The van der Waals surface area contributed by atoms with Crippen LogP contribution < -0.4 is 11.1 Å². The maximum atomic E-state index is 8.94. The minimum Gasteiger partial charge on any atom is -0.396 e. The van der Waals surface area contributed by atoms with Crippen LogP contribution in [0.3, 0.4) is 0 Å². The fourth-order valence-corrected chi connectivity index (χ4v) is 2.48. The third-order valence-electron chi connectivity index (χ3n) is 3.72. The lowest BCUT2D eigenvalue weighted by Gasteiger charge is -2.14. The molecule has 6 nitrogen and oxygen atoms in total. The molecule has 0 saturated heterocycles. The predicted molar refractivity (Wildman–Crippen MR) is 88.7 cm³/mol. The van der Waals surface area contributed by atoms with Gasteiger partial charge in [0.2, 0.25) is 0 Å². The van der Waals surface area contributed by atoms with Crippen molar-refractivity contribution in [3.63, 3.8) is 0 Å². The van der Waals surface area contributed by atoms with Crippen LogP contribution in [0.5, 0.6) is 0 Å². The largest absolute Gasteiger partial charge is 0.396 e. The predicted octanol–water partition coefficient (Wildman–Crippen LogP) is 2.31. The smallest absolute Gasteiger partial charge is 0.129 e. The van der Waals surface area contributed by atoms with Crippen LogP contribution in [0.25, 0.3) is 22.2 Å². The number of anilines is 2. The minimum absolute atomic E-state index is 0.161. The molecule has 6 heteroatoms. The molecule has 0 aliphatic carbocycles. The van der Waals surface area contributed by atoms with Crippen molar-refractivity contribution in [2.45, 2.75) is 13.3 Å². The number of hydrogen-bond acceptors (Lipinski definition) is 5. The quantitative estimate of drug-likeness (QED) is 0.542. The molecule has 2 heterocycles. The Hall–Kier alpha value is -2.60. The number of hydrogen-bond donors (Lipinski definition) is 4. The summed E-state index contributed by atoms with van der Waals surface area (Å²) in [6.45, 7) is 2.80. The highest BCUT2D eigenvalue weighted by atomic mass is 16.3. The molecular formula is C16H19N5O. The summed E-state index contributed by atoms with van der Waals surface area (Å²) in [6.07, 6.45) is 2.41. The van der Waals surface area contributed by atoms with Crippen LogP contribution in [0.15, 0.2) is 30.5 Å². The van der Waals surface area contributed by atoms with Gasteiger partial charge < -0.3 is 16.2 Å². The fraction of sp³-hybridized carbons (Fsp3) is 0.250. The van der Waals surface area contributed by atoms with Gasteiger partial charge in [-0.1, -0.05) is 12.1 Å². The number of aromatic nitrogens is 3. The standard InChI is InChI=1S/C16H19N5O/c1-10-15(18-6-2-8-22)12-4-3-11(13-5-7-19-21-13)9-14(12)20-16(10)17/h3-5,7,9,22H,2,6,8H2,1H3,(H,19,21)(H3,17,18,20). The molecule has 0 unspecified atom stereocenters. The molecule has 0 aliphatic rings. The number of benzene rings is 1. The summed E-state index contributed by atoms with van der Waals surface area (Å²) < 4.78 is 0. The van der Waals surface area contributed by atoms with Gasteiger partial charge in [-0.25, -0.2) is 4.98 Å². The van der Waals surface area contributed by atoms with Crippen LogP contribution in [0.4, 0.5) is 11.5 Å². The highest BCUT2D eigenvalue weighted by Crippen LogP contribution is 2.31. The number of aromatic amines is 1. The maximum absolute atomic E-state index is 8.94. The monoisotopic (exact) mass is 297 g/mol. The summed E-state index contributed by atoms with van der Waals surface area (Å²) in [5.41, 5.74) is 10.7. The van der Waals surface area contributed by atoms with Crippen molar-refractivity contribution in [2.24, 2.45) is 0 Å². The van der Waals surface area contributed by atoms with Crippen molar-refractivity contribution in [2.75, 3.05) is 24.2 Å². The molecule has 0 spiro atoms. The average Bonchev–Trinajstić information content (AvgIpc) is 3.05. The zero-order valence-electron chi connectivity index (χ0n) is 12.4. The van der Waals surface area contributed by atoms with E-state index >= 15 is 0 Å². The van der Waals surface area contributed by atoms with E-state index < -0.39 is 0 Å². The molecule has 0 aliphatic heterocycles. The van der Waals surface area contributed by atoms with Crippen LogP contribution in [0.1, 0.15) is 12.0 Å². The number of fused-ring (bicyclic) bond motifs is 1. The first-order valence-electron chi connectivity index (χ1n) is 7.25. The van der Waals surface area contributed by atoms with E-state index in [-0.39, 0.29) is 6.61 Å². The number of nitrogen functional groups attached to an aromatic ring is 1. The van der Waals surface area contributed by atoms with Crippen molar-refractivity contribution in [3.05, 3.63) is 36.0 Å². The molecule has 0 saturated carbocycles. The molecule has 5 N–H and O–H groups in total. The lowest BCUT2D eigenvalue weighted by Crippen LogP contribution is -2.08. The molecule has 2 aromatic heterocycles. The van der Waals surface area contributed by atoms with Crippen molar-refractivity contribution >= 4 is 22.4 Å². The van der Waals surface area contributed by atoms with Crippen LogP contribution >= 0.6 is 0 Å². The van der Waals surface area contributed by atoms with Gasteiger partial charge in [-0.05, 0) is 25.5 Å². The van der Waals surface area contributed by atoms with Gasteiger partial charge in [-0.2, -0.15) is 5.10 Å². The van der Waals surface area contributed by atoms with Gasteiger partial charge >= 0.3 is 0 Å². The maximum Gasteiger partial charge on any atom is 0.129 e. The van der Waals surface area contributed by atoms with Gasteiger partial charge in [0, 0.05) is 35.9 Å². The Kier molecular flexibility index (Phi) is 3.93. The fourth-order valence-electron chi connectivity index (χ4n) is 2.48. The lowest BCUT2D eigenvalue weighted by molar-refractivity contribution is 0.292. The van der Waals surface area contributed by atoms with Crippen molar-refractivity contribution < 1.29 is 5.11 Å². The van der Waals surface area contributed by atoms with Gasteiger partial charge in [-0.3, -0.25) is 5.10 Å². The summed E-state index contributed by atoms with van der Waals surface area (Å²) in [6, 6.07) is 7.98. The number of H-pyrrole nitrogens is 1. The Morgan fingerprint density at radius 1 is 1.32 bits per heavy atom. The third kappa shape index (κ3) is 2.60. The van der Waals surface area contributed by atoms with Gasteiger partial charge in [-0.15, -0.1) is 0 Å². The summed E-state index contributed by atoms with van der Waals surface area (Å²) in [4.78, 5) is 4.49. The van der Waals surface area contributed by atoms with E-state index in [1.54, 1.807) is 6.20 Å². The average molecular weight is 297 g/mol.